The molecule has 21 heavy (non-hydrogen) atoms. The van der Waals surface area contributed by atoms with E-state index >= 15 is 0 Å². The number of para-hydroxylation sites is 1. The van der Waals surface area contributed by atoms with E-state index in [1.165, 1.54) is 0 Å². The second-order valence-corrected chi connectivity index (χ2v) is 4.96. The first-order chi connectivity index (χ1) is 10.2. The van der Waals surface area contributed by atoms with Gasteiger partial charge in [0.05, 0.1) is 6.61 Å². The van der Waals surface area contributed by atoms with Crippen LogP contribution in [0.1, 0.15) is 21.5 Å². The third kappa shape index (κ3) is 4.72. The van der Waals surface area contributed by atoms with Gasteiger partial charge in [0.25, 0.3) is 0 Å². The van der Waals surface area contributed by atoms with Crippen LogP contribution in [0.3, 0.4) is 0 Å². The van der Waals surface area contributed by atoms with Crippen molar-refractivity contribution >= 4 is 5.78 Å². The number of ketones is 1. The minimum Gasteiger partial charge on any atom is -0.491 e. The van der Waals surface area contributed by atoms with Crippen LogP contribution in [0.25, 0.3) is 0 Å². The highest BCUT2D eigenvalue weighted by Crippen LogP contribution is 2.11. The predicted octanol–water partition coefficient (Wildman–Crippen LogP) is 3.58. The van der Waals surface area contributed by atoms with Crippen LogP contribution in [0, 0.1) is 13.8 Å². The average Bonchev–Trinajstić information content (AvgIpc) is 2.47. The van der Waals surface area contributed by atoms with Gasteiger partial charge in [-0.25, -0.2) is 0 Å². The molecule has 0 aliphatic rings. The van der Waals surface area contributed by atoms with Gasteiger partial charge in [-0.15, -0.1) is 0 Å². The number of aryl methyl sites for hydroxylation is 2. The molecule has 0 saturated carbocycles. The Morgan fingerprint density at radius 3 is 2.48 bits per heavy atom. The maximum Gasteiger partial charge on any atom is 0.188 e. The molecule has 0 unspecified atom stereocenters. The molecule has 2 rings (SSSR count). The summed E-state index contributed by atoms with van der Waals surface area (Å²) in [5.74, 6) is 0.814. The smallest absolute Gasteiger partial charge is 0.188 e. The Kier molecular flexibility index (Phi) is 5.52. The number of hydrogen-bond acceptors (Lipinski definition) is 3. The summed E-state index contributed by atoms with van der Waals surface area (Å²) >= 11 is 0. The first kappa shape index (κ1) is 15.3. The van der Waals surface area contributed by atoms with Crippen LogP contribution < -0.4 is 4.74 Å². The van der Waals surface area contributed by atoms with E-state index in [1.807, 2.05) is 62.4 Å². The number of Topliss-reactive ketones (excluding diaryl/α,β-unsaturated/α-hetero) is 1. The standard InChI is InChI=1S/C18H20O3/c1-14-8-9-17(15(2)12-14)18(19)13-20-10-11-21-16-6-4-3-5-7-16/h3-9,12H,10-11,13H2,1-2H3. The summed E-state index contributed by atoms with van der Waals surface area (Å²) in [4.78, 5) is 12.0. The largest absolute Gasteiger partial charge is 0.491 e. The van der Waals surface area contributed by atoms with E-state index in [0.29, 0.717) is 13.2 Å². The lowest BCUT2D eigenvalue weighted by Crippen LogP contribution is -2.14. The highest BCUT2D eigenvalue weighted by molar-refractivity contribution is 5.98. The van der Waals surface area contributed by atoms with Gasteiger partial charge in [0.15, 0.2) is 5.78 Å². The number of rotatable bonds is 7. The van der Waals surface area contributed by atoms with Crippen LogP contribution in [0.15, 0.2) is 48.5 Å². The fourth-order valence-electron chi connectivity index (χ4n) is 2.10. The van der Waals surface area contributed by atoms with Gasteiger partial charge in [-0.3, -0.25) is 4.79 Å². The van der Waals surface area contributed by atoms with Crippen molar-refractivity contribution in [3.05, 3.63) is 65.2 Å². The molecule has 0 N–H and O–H groups in total. The minimum atomic E-state index is 0.00668. The minimum absolute atomic E-state index is 0.00668. The molecule has 110 valence electrons. The van der Waals surface area contributed by atoms with Gasteiger partial charge in [0.2, 0.25) is 0 Å². The van der Waals surface area contributed by atoms with E-state index < -0.39 is 0 Å². The summed E-state index contributed by atoms with van der Waals surface area (Å²) in [6, 6.07) is 15.4. The van der Waals surface area contributed by atoms with Gasteiger partial charge >= 0.3 is 0 Å². The molecule has 2 aromatic carbocycles. The van der Waals surface area contributed by atoms with E-state index in [2.05, 4.69) is 0 Å². The molecule has 0 aliphatic heterocycles. The number of benzene rings is 2. The van der Waals surface area contributed by atoms with Crippen LogP contribution >= 0.6 is 0 Å². The summed E-state index contributed by atoms with van der Waals surface area (Å²) in [6.45, 7) is 4.87. The van der Waals surface area contributed by atoms with Gasteiger partial charge < -0.3 is 9.47 Å². The van der Waals surface area contributed by atoms with Crippen molar-refractivity contribution in [2.45, 2.75) is 13.8 Å². The van der Waals surface area contributed by atoms with E-state index in [0.717, 1.165) is 22.4 Å². The Morgan fingerprint density at radius 1 is 1.00 bits per heavy atom. The van der Waals surface area contributed by atoms with Gasteiger partial charge in [-0.05, 0) is 31.5 Å². The van der Waals surface area contributed by atoms with Gasteiger partial charge in [-0.2, -0.15) is 0 Å². The molecule has 0 fully saturated rings. The fourth-order valence-corrected chi connectivity index (χ4v) is 2.10. The molecule has 3 nitrogen and oxygen atoms in total. The van der Waals surface area contributed by atoms with Crippen molar-refractivity contribution in [2.24, 2.45) is 0 Å². The SMILES string of the molecule is Cc1ccc(C(=O)COCCOc2ccccc2)c(C)c1. The van der Waals surface area contributed by atoms with Crippen molar-refractivity contribution in [1.29, 1.82) is 0 Å². The number of carbonyl (C=O) groups excluding carboxylic acids is 1. The molecule has 0 heterocycles. The molecule has 0 saturated heterocycles. The Morgan fingerprint density at radius 2 is 1.76 bits per heavy atom. The Bertz CT molecular complexity index is 591. The number of ether oxygens (including phenoxy) is 2. The Labute approximate surface area is 125 Å². The number of carbonyl (C=O) groups is 1. The summed E-state index contributed by atoms with van der Waals surface area (Å²) in [5.41, 5.74) is 2.87. The molecule has 3 heteroatoms. The topological polar surface area (TPSA) is 35.5 Å². The van der Waals surface area contributed by atoms with Crippen molar-refractivity contribution in [2.75, 3.05) is 19.8 Å². The zero-order valence-corrected chi connectivity index (χ0v) is 12.5. The maximum atomic E-state index is 12.0. The van der Waals surface area contributed by atoms with Crippen LogP contribution in [0.5, 0.6) is 5.75 Å². The third-order valence-electron chi connectivity index (χ3n) is 3.16. The highest BCUT2D eigenvalue weighted by Gasteiger charge is 2.09. The first-order valence-corrected chi connectivity index (χ1v) is 7.03. The lowest BCUT2D eigenvalue weighted by molar-refractivity contribution is 0.0687. The van der Waals surface area contributed by atoms with E-state index in [1.54, 1.807) is 0 Å². The van der Waals surface area contributed by atoms with Crippen molar-refractivity contribution in [3.63, 3.8) is 0 Å². The zero-order chi connectivity index (χ0) is 15.1. The van der Waals surface area contributed by atoms with Crippen LogP contribution in [-0.2, 0) is 4.74 Å². The highest BCUT2D eigenvalue weighted by atomic mass is 16.5. The summed E-state index contributed by atoms with van der Waals surface area (Å²) < 4.78 is 10.9. The molecule has 0 bridgehead atoms. The zero-order valence-electron chi connectivity index (χ0n) is 12.5. The molecule has 0 atom stereocenters. The molecular formula is C18H20O3. The van der Waals surface area contributed by atoms with E-state index in [-0.39, 0.29) is 12.4 Å². The van der Waals surface area contributed by atoms with Crippen LogP contribution in [0.2, 0.25) is 0 Å². The normalized spacial score (nSPS) is 10.4. The van der Waals surface area contributed by atoms with Gasteiger partial charge in [0.1, 0.15) is 19.0 Å². The van der Waals surface area contributed by atoms with Crippen molar-refractivity contribution in [1.82, 2.24) is 0 Å². The molecule has 0 amide bonds. The summed E-state index contributed by atoms with van der Waals surface area (Å²) in [7, 11) is 0. The lowest BCUT2D eigenvalue weighted by Gasteiger charge is -2.08. The second-order valence-electron chi connectivity index (χ2n) is 4.96. The van der Waals surface area contributed by atoms with Crippen LogP contribution in [-0.4, -0.2) is 25.6 Å². The molecule has 0 aliphatic carbocycles. The number of hydrogen-bond donors (Lipinski definition) is 0. The maximum absolute atomic E-state index is 12.0. The summed E-state index contributed by atoms with van der Waals surface area (Å²) in [6.07, 6.45) is 0. The Balaban J connectivity index is 1.72. The van der Waals surface area contributed by atoms with E-state index in [4.69, 9.17) is 9.47 Å². The van der Waals surface area contributed by atoms with Gasteiger partial charge in [-0.1, -0.05) is 42.0 Å². The molecule has 2 aromatic rings. The monoisotopic (exact) mass is 284 g/mol. The lowest BCUT2D eigenvalue weighted by atomic mass is 10.0. The molecule has 0 aromatic heterocycles. The van der Waals surface area contributed by atoms with Gasteiger partial charge in [0, 0.05) is 5.56 Å². The molecule has 0 spiro atoms. The van der Waals surface area contributed by atoms with Crippen molar-refractivity contribution < 1.29 is 14.3 Å². The predicted molar refractivity (Wildman–Crippen MR) is 83.0 cm³/mol. The van der Waals surface area contributed by atoms with Crippen LogP contribution in [0.4, 0.5) is 0 Å². The second kappa shape index (κ2) is 7.60. The molecular weight excluding hydrogens is 264 g/mol. The van der Waals surface area contributed by atoms with Crippen molar-refractivity contribution in [3.8, 4) is 5.75 Å². The summed E-state index contributed by atoms with van der Waals surface area (Å²) in [5, 5.41) is 0. The third-order valence-corrected chi connectivity index (χ3v) is 3.16. The average molecular weight is 284 g/mol. The fraction of sp³-hybridized carbons (Fsp3) is 0.278. The first-order valence-electron chi connectivity index (χ1n) is 7.03. The van der Waals surface area contributed by atoms with E-state index in [9.17, 15) is 4.79 Å². The molecule has 0 radical (unpaired) electrons. The quantitative estimate of drug-likeness (QED) is 0.576. The Hall–Kier alpha value is -2.13.